The Bertz CT molecular complexity index is 596. The fraction of sp³-hybridized carbons (Fsp3) is 0.0714. The highest BCUT2D eigenvalue weighted by molar-refractivity contribution is 5.90. The normalized spacial score (nSPS) is 17.6. The predicted molar refractivity (Wildman–Crippen MR) is 67.9 cm³/mol. The third kappa shape index (κ3) is 1.59. The number of nitrogen functional groups attached to an aromatic ring is 1. The molecule has 3 N–H and O–H groups in total. The van der Waals surface area contributed by atoms with E-state index in [-0.39, 0.29) is 5.91 Å². The van der Waals surface area contributed by atoms with Crippen molar-refractivity contribution in [2.24, 2.45) is 0 Å². The number of hydrogen-bond acceptors (Lipinski definition) is 3. The average molecular weight is 240 g/mol. The fourth-order valence-corrected chi connectivity index (χ4v) is 2.22. The standard InChI is InChI=1S/C14H12N2O2/c15-10-7-4-8-11-13(10)12(14(17)16-18-11)9-5-2-1-3-6-9/h1-8,12H,15H2,(H,16,17). The molecule has 2 aromatic rings. The summed E-state index contributed by atoms with van der Waals surface area (Å²) in [5.74, 6) is -0.0220. The van der Waals surface area contributed by atoms with Crippen LogP contribution in [0.5, 0.6) is 5.75 Å². The van der Waals surface area contributed by atoms with E-state index < -0.39 is 5.92 Å². The Kier molecular flexibility index (Phi) is 2.41. The van der Waals surface area contributed by atoms with Gasteiger partial charge in [-0.3, -0.25) is 4.79 Å². The van der Waals surface area contributed by atoms with E-state index in [9.17, 15) is 4.79 Å². The van der Waals surface area contributed by atoms with Gasteiger partial charge in [0.2, 0.25) is 0 Å². The van der Waals surface area contributed by atoms with Gasteiger partial charge < -0.3 is 10.6 Å². The Morgan fingerprint density at radius 2 is 1.83 bits per heavy atom. The summed E-state index contributed by atoms with van der Waals surface area (Å²) in [5, 5.41) is 0. The number of fused-ring (bicyclic) bond motifs is 1. The molecule has 0 saturated heterocycles. The van der Waals surface area contributed by atoms with Crippen LogP contribution in [0.4, 0.5) is 5.69 Å². The number of anilines is 1. The molecule has 2 aromatic carbocycles. The van der Waals surface area contributed by atoms with Crippen LogP contribution in [0.3, 0.4) is 0 Å². The maximum Gasteiger partial charge on any atom is 0.264 e. The first-order chi connectivity index (χ1) is 8.77. The highest BCUT2D eigenvalue weighted by Gasteiger charge is 2.32. The summed E-state index contributed by atoms with van der Waals surface area (Å²) in [6.07, 6.45) is 0. The average Bonchev–Trinajstić information content (AvgIpc) is 2.40. The number of nitrogens with one attached hydrogen (secondary N) is 1. The van der Waals surface area contributed by atoms with Crippen molar-refractivity contribution in [1.29, 1.82) is 0 Å². The molecule has 0 bridgehead atoms. The van der Waals surface area contributed by atoms with Gasteiger partial charge in [0, 0.05) is 11.3 Å². The predicted octanol–water partition coefficient (Wildman–Crippen LogP) is 1.82. The minimum atomic E-state index is -0.420. The van der Waals surface area contributed by atoms with Gasteiger partial charge >= 0.3 is 0 Å². The molecule has 1 aliphatic rings. The third-order valence-electron chi connectivity index (χ3n) is 3.05. The molecule has 0 aliphatic carbocycles. The van der Waals surface area contributed by atoms with Crippen molar-refractivity contribution in [3.05, 3.63) is 59.7 Å². The molecule has 0 fully saturated rings. The van der Waals surface area contributed by atoms with E-state index >= 15 is 0 Å². The molecule has 3 rings (SSSR count). The Balaban J connectivity index is 2.19. The van der Waals surface area contributed by atoms with Gasteiger partial charge in [-0.25, -0.2) is 0 Å². The molecule has 0 aromatic heterocycles. The second-order valence-corrected chi connectivity index (χ2v) is 4.17. The third-order valence-corrected chi connectivity index (χ3v) is 3.05. The summed E-state index contributed by atoms with van der Waals surface area (Å²) in [5.41, 5.74) is 10.6. The maximum absolute atomic E-state index is 12.0. The van der Waals surface area contributed by atoms with Gasteiger partial charge in [-0.15, -0.1) is 0 Å². The van der Waals surface area contributed by atoms with Crippen molar-refractivity contribution in [2.45, 2.75) is 5.92 Å². The van der Waals surface area contributed by atoms with Crippen LogP contribution in [0, 0.1) is 0 Å². The first-order valence-corrected chi connectivity index (χ1v) is 5.67. The smallest absolute Gasteiger partial charge is 0.264 e. The van der Waals surface area contributed by atoms with E-state index in [1.807, 2.05) is 30.3 Å². The highest BCUT2D eigenvalue weighted by Crippen LogP contribution is 2.38. The molecule has 18 heavy (non-hydrogen) atoms. The van der Waals surface area contributed by atoms with Gasteiger partial charge in [0.25, 0.3) is 5.91 Å². The fourth-order valence-electron chi connectivity index (χ4n) is 2.22. The lowest BCUT2D eigenvalue weighted by Crippen LogP contribution is -2.37. The number of benzene rings is 2. The van der Waals surface area contributed by atoms with Crippen molar-refractivity contribution in [3.8, 4) is 5.75 Å². The highest BCUT2D eigenvalue weighted by atomic mass is 16.7. The molecule has 1 heterocycles. The second kappa shape index (κ2) is 4.07. The lowest BCUT2D eigenvalue weighted by atomic mass is 9.88. The van der Waals surface area contributed by atoms with Gasteiger partial charge in [-0.2, -0.15) is 5.48 Å². The quantitative estimate of drug-likeness (QED) is 0.747. The lowest BCUT2D eigenvalue weighted by Gasteiger charge is -2.26. The Morgan fingerprint density at radius 3 is 2.61 bits per heavy atom. The molecule has 1 atom stereocenters. The number of carbonyl (C=O) groups excluding carboxylic acids is 1. The lowest BCUT2D eigenvalue weighted by molar-refractivity contribution is -0.129. The molecule has 1 aliphatic heterocycles. The number of hydrogen-bond donors (Lipinski definition) is 2. The summed E-state index contributed by atoms with van der Waals surface area (Å²) in [7, 11) is 0. The molecule has 0 saturated carbocycles. The minimum absolute atomic E-state index is 0.202. The molecule has 0 radical (unpaired) electrons. The van der Waals surface area contributed by atoms with Crippen LogP contribution in [0.2, 0.25) is 0 Å². The van der Waals surface area contributed by atoms with E-state index in [4.69, 9.17) is 10.6 Å². The van der Waals surface area contributed by atoms with Crippen molar-refractivity contribution in [3.63, 3.8) is 0 Å². The van der Waals surface area contributed by atoms with Crippen LogP contribution in [0.1, 0.15) is 17.0 Å². The summed E-state index contributed by atoms with van der Waals surface area (Å²) in [6, 6.07) is 14.9. The van der Waals surface area contributed by atoms with Crippen LogP contribution in [0.15, 0.2) is 48.5 Å². The zero-order chi connectivity index (χ0) is 12.5. The first-order valence-electron chi connectivity index (χ1n) is 5.67. The van der Waals surface area contributed by atoms with E-state index in [2.05, 4.69) is 5.48 Å². The minimum Gasteiger partial charge on any atom is -0.398 e. The zero-order valence-corrected chi connectivity index (χ0v) is 9.59. The second-order valence-electron chi connectivity index (χ2n) is 4.17. The van der Waals surface area contributed by atoms with E-state index in [1.54, 1.807) is 18.2 Å². The Morgan fingerprint density at radius 1 is 1.06 bits per heavy atom. The zero-order valence-electron chi connectivity index (χ0n) is 9.59. The Hall–Kier alpha value is -2.49. The van der Waals surface area contributed by atoms with Crippen molar-refractivity contribution >= 4 is 11.6 Å². The molecule has 90 valence electrons. The molecular weight excluding hydrogens is 228 g/mol. The van der Waals surface area contributed by atoms with E-state index in [0.29, 0.717) is 11.4 Å². The summed E-state index contributed by atoms with van der Waals surface area (Å²) < 4.78 is 0. The summed E-state index contributed by atoms with van der Waals surface area (Å²) in [4.78, 5) is 17.2. The Labute approximate surface area is 104 Å². The van der Waals surface area contributed by atoms with Gasteiger partial charge in [0.05, 0.1) is 5.92 Å². The van der Waals surface area contributed by atoms with Crippen LogP contribution in [0.25, 0.3) is 0 Å². The van der Waals surface area contributed by atoms with Gasteiger partial charge in [-0.05, 0) is 17.7 Å². The van der Waals surface area contributed by atoms with Crippen LogP contribution >= 0.6 is 0 Å². The molecule has 4 nitrogen and oxygen atoms in total. The number of amides is 1. The van der Waals surface area contributed by atoms with Crippen molar-refractivity contribution in [1.82, 2.24) is 5.48 Å². The monoisotopic (exact) mass is 240 g/mol. The first kappa shape index (κ1) is 10.7. The topological polar surface area (TPSA) is 64.4 Å². The van der Waals surface area contributed by atoms with Gasteiger partial charge in [0.1, 0.15) is 0 Å². The summed E-state index contributed by atoms with van der Waals surface area (Å²) in [6.45, 7) is 0. The summed E-state index contributed by atoms with van der Waals surface area (Å²) >= 11 is 0. The maximum atomic E-state index is 12.0. The number of hydroxylamine groups is 1. The molecule has 4 heteroatoms. The van der Waals surface area contributed by atoms with Crippen LogP contribution < -0.4 is 16.1 Å². The van der Waals surface area contributed by atoms with Crippen LogP contribution in [-0.4, -0.2) is 5.91 Å². The molecule has 0 spiro atoms. The number of rotatable bonds is 1. The van der Waals surface area contributed by atoms with Crippen molar-refractivity contribution in [2.75, 3.05) is 5.73 Å². The van der Waals surface area contributed by atoms with Gasteiger partial charge in [0.15, 0.2) is 5.75 Å². The SMILES string of the molecule is Nc1cccc2c1C(c1ccccc1)C(=O)NO2. The van der Waals surface area contributed by atoms with Crippen molar-refractivity contribution < 1.29 is 9.63 Å². The van der Waals surface area contributed by atoms with E-state index in [0.717, 1.165) is 11.1 Å². The van der Waals surface area contributed by atoms with Gasteiger partial charge in [-0.1, -0.05) is 36.4 Å². The molecule has 1 amide bonds. The number of nitrogens with two attached hydrogens (primary N) is 1. The largest absolute Gasteiger partial charge is 0.398 e. The number of carbonyl (C=O) groups is 1. The molecule has 1 unspecified atom stereocenters. The van der Waals surface area contributed by atoms with E-state index in [1.165, 1.54) is 0 Å². The molecular formula is C14H12N2O2. The van der Waals surface area contributed by atoms with Crippen LogP contribution in [-0.2, 0) is 4.79 Å².